The molecular formula is C16H24N4. The predicted molar refractivity (Wildman–Crippen MR) is 84.1 cm³/mol. The van der Waals surface area contributed by atoms with E-state index < -0.39 is 0 Å². The third-order valence-electron chi connectivity index (χ3n) is 3.62. The van der Waals surface area contributed by atoms with Crippen LogP contribution in [0.15, 0.2) is 43.4 Å². The summed E-state index contributed by atoms with van der Waals surface area (Å²) in [6.45, 7) is 16.4. The maximum atomic E-state index is 4.21. The fourth-order valence-corrected chi connectivity index (χ4v) is 2.40. The van der Waals surface area contributed by atoms with Crippen molar-refractivity contribution in [2.75, 3.05) is 39.3 Å². The van der Waals surface area contributed by atoms with E-state index in [2.05, 4.69) is 33.3 Å². The molecule has 1 aliphatic rings. The molecule has 4 nitrogen and oxygen atoms in total. The fraction of sp³-hybridized carbons (Fsp3) is 0.438. The number of nitrogens with one attached hydrogen (secondary N) is 1. The lowest BCUT2D eigenvalue weighted by Gasteiger charge is -2.37. The summed E-state index contributed by atoms with van der Waals surface area (Å²) in [5, 5.41) is 3.28. The van der Waals surface area contributed by atoms with Gasteiger partial charge in [-0.05, 0) is 19.1 Å². The molecule has 0 unspecified atom stereocenters. The second-order valence-electron chi connectivity index (χ2n) is 5.22. The van der Waals surface area contributed by atoms with E-state index in [0.29, 0.717) is 0 Å². The average Bonchev–Trinajstić information content (AvgIpc) is 2.48. The van der Waals surface area contributed by atoms with Gasteiger partial charge in [-0.3, -0.25) is 9.88 Å². The van der Waals surface area contributed by atoms with Gasteiger partial charge in [0, 0.05) is 68.6 Å². The highest BCUT2D eigenvalue weighted by Gasteiger charge is 2.18. The summed E-state index contributed by atoms with van der Waals surface area (Å²) in [6.07, 6.45) is 3.64. The Balaban J connectivity index is 1.77. The highest BCUT2D eigenvalue weighted by Crippen LogP contribution is 2.17. The van der Waals surface area contributed by atoms with Crippen molar-refractivity contribution in [2.45, 2.75) is 6.92 Å². The van der Waals surface area contributed by atoms with E-state index in [-0.39, 0.29) is 0 Å². The first-order valence-corrected chi connectivity index (χ1v) is 7.13. The average molecular weight is 272 g/mol. The first-order valence-electron chi connectivity index (χ1n) is 7.13. The number of hydrogen-bond acceptors (Lipinski definition) is 4. The molecule has 2 rings (SSSR count). The summed E-state index contributed by atoms with van der Waals surface area (Å²) in [7, 11) is 0. The van der Waals surface area contributed by atoms with Gasteiger partial charge in [0.25, 0.3) is 0 Å². The third kappa shape index (κ3) is 4.10. The molecule has 1 saturated heterocycles. The van der Waals surface area contributed by atoms with E-state index in [4.69, 9.17) is 0 Å². The summed E-state index contributed by atoms with van der Waals surface area (Å²) in [6, 6.07) is 4.04. The van der Waals surface area contributed by atoms with Gasteiger partial charge in [-0.2, -0.15) is 0 Å². The Kier molecular flexibility index (Phi) is 5.18. The molecule has 108 valence electrons. The van der Waals surface area contributed by atoms with Crippen LogP contribution in [0.3, 0.4) is 0 Å². The molecule has 0 aliphatic carbocycles. The Hall–Kier alpha value is -1.81. The predicted octanol–water partition coefficient (Wildman–Crippen LogP) is 1.79. The normalized spacial score (nSPS) is 15.9. The van der Waals surface area contributed by atoms with E-state index in [1.54, 1.807) is 0 Å². The maximum absolute atomic E-state index is 4.21. The van der Waals surface area contributed by atoms with Gasteiger partial charge in [0.1, 0.15) is 0 Å². The minimum atomic E-state index is 0.973. The van der Waals surface area contributed by atoms with Crippen molar-refractivity contribution in [3.05, 3.63) is 48.9 Å². The summed E-state index contributed by atoms with van der Waals surface area (Å²) < 4.78 is 0. The molecule has 1 aromatic rings. The Morgan fingerprint density at radius 2 is 1.85 bits per heavy atom. The molecule has 1 aliphatic heterocycles. The van der Waals surface area contributed by atoms with Crippen LogP contribution in [0, 0.1) is 0 Å². The Labute approximate surface area is 121 Å². The van der Waals surface area contributed by atoms with E-state index in [1.807, 2.05) is 31.5 Å². The highest BCUT2D eigenvalue weighted by molar-refractivity contribution is 5.61. The van der Waals surface area contributed by atoms with Crippen LogP contribution in [-0.4, -0.2) is 54.1 Å². The van der Waals surface area contributed by atoms with Crippen molar-refractivity contribution in [1.82, 2.24) is 20.1 Å². The topological polar surface area (TPSA) is 31.4 Å². The molecule has 0 bridgehead atoms. The highest BCUT2D eigenvalue weighted by atomic mass is 15.3. The summed E-state index contributed by atoms with van der Waals surface area (Å²) in [4.78, 5) is 8.89. The number of piperazine rings is 1. The number of pyridine rings is 1. The maximum Gasteiger partial charge on any atom is 0.0368 e. The van der Waals surface area contributed by atoms with Gasteiger partial charge < -0.3 is 10.2 Å². The molecular weight excluding hydrogens is 248 g/mol. The summed E-state index contributed by atoms with van der Waals surface area (Å²) in [5.74, 6) is 0. The van der Waals surface area contributed by atoms with E-state index in [0.717, 1.165) is 56.2 Å². The number of hydrogen-bond donors (Lipinski definition) is 1. The second kappa shape index (κ2) is 7.10. The monoisotopic (exact) mass is 272 g/mol. The number of rotatable bonds is 6. The van der Waals surface area contributed by atoms with Crippen molar-refractivity contribution in [1.29, 1.82) is 0 Å². The summed E-state index contributed by atoms with van der Waals surface area (Å²) in [5.41, 5.74) is 3.30. The van der Waals surface area contributed by atoms with Crippen molar-refractivity contribution < 1.29 is 0 Å². The molecule has 1 fully saturated rings. The summed E-state index contributed by atoms with van der Waals surface area (Å²) >= 11 is 0. The number of nitrogens with zero attached hydrogens (tertiary/aromatic N) is 3. The van der Waals surface area contributed by atoms with Gasteiger partial charge in [0.05, 0.1) is 0 Å². The molecule has 0 amide bonds. The van der Waals surface area contributed by atoms with Gasteiger partial charge in [-0.15, -0.1) is 0 Å². The fourth-order valence-electron chi connectivity index (χ4n) is 2.40. The quantitative estimate of drug-likeness (QED) is 0.855. The number of allylic oxidation sites excluding steroid dienone is 1. The van der Waals surface area contributed by atoms with Gasteiger partial charge in [-0.1, -0.05) is 13.2 Å². The molecule has 0 spiro atoms. The Bertz CT molecular complexity index is 447. The molecule has 0 aromatic carbocycles. The van der Waals surface area contributed by atoms with Crippen LogP contribution in [0.2, 0.25) is 0 Å². The Morgan fingerprint density at radius 1 is 1.20 bits per heavy atom. The third-order valence-corrected chi connectivity index (χ3v) is 3.62. The van der Waals surface area contributed by atoms with Gasteiger partial charge >= 0.3 is 0 Å². The standard InChI is InChI=1S/C16H24N4/c1-14(2)18-8-9-19-10-12-20(13-11-19)15(3)16-4-6-17-7-5-16/h4-7,18H,1,3,8-13H2,2H3. The SMILES string of the molecule is C=C(C)NCCN1CCN(C(=C)c2ccncc2)CC1. The van der Waals surface area contributed by atoms with Crippen LogP contribution in [0.25, 0.3) is 5.70 Å². The van der Waals surface area contributed by atoms with Gasteiger partial charge in [0.15, 0.2) is 0 Å². The smallest absolute Gasteiger partial charge is 0.0368 e. The lowest BCUT2D eigenvalue weighted by atomic mass is 10.1. The van der Waals surface area contributed by atoms with E-state index in [9.17, 15) is 0 Å². The van der Waals surface area contributed by atoms with Crippen LogP contribution in [0.1, 0.15) is 12.5 Å². The van der Waals surface area contributed by atoms with Gasteiger partial charge in [-0.25, -0.2) is 0 Å². The van der Waals surface area contributed by atoms with Crippen molar-refractivity contribution >= 4 is 5.70 Å². The van der Waals surface area contributed by atoms with Crippen molar-refractivity contribution in [2.24, 2.45) is 0 Å². The van der Waals surface area contributed by atoms with Crippen molar-refractivity contribution in [3.8, 4) is 0 Å². The van der Waals surface area contributed by atoms with Crippen molar-refractivity contribution in [3.63, 3.8) is 0 Å². The van der Waals surface area contributed by atoms with Crippen LogP contribution < -0.4 is 5.32 Å². The molecule has 4 heteroatoms. The minimum Gasteiger partial charge on any atom is -0.388 e. The number of aromatic nitrogens is 1. The molecule has 2 heterocycles. The van der Waals surface area contributed by atoms with E-state index >= 15 is 0 Å². The minimum absolute atomic E-state index is 0.973. The van der Waals surface area contributed by atoms with Crippen LogP contribution >= 0.6 is 0 Å². The first-order chi connectivity index (χ1) is 9.66. The zero-order valence-electron chi connectivity index (χ0n) is 12.3. The molecule has 0 radical (unpaired) electrons. The molecule has 1 N–H and O–H groups in total. The molecule has 0 atom stereocenters. The van der Waals surface area contributed by atoms with Crippen LogP contribution in [-0.2, 0) is 0 Å². The second-order valence-corrected chi connectivity index (χ2v) is 5.22. The Morgan fingerprint density at radius 3 is 2.45 bits per heavy atom. The van der Waals surface area contributed by atoms with Crippen LogP contribution in [0.5, 0.6) is 0 Å². The largest absolute Gasteiger partial charge is 0.388 e. The molecule has 20 heavy (non-hydrogen) atoms. The van der Waals surface area contributed by atoms with Gasteiger partial charge in [0.2, 0.25) is 0 Å². The lowest BCUT2D eigenvalue weighted by molar-refractivity contribution is 0.177. The van der Waals surface area contributed by atoms with Crippen LogP contribution in [0.4, 0.5) is 0 Å². The molecule has 1 aromatic heterocycles. The zero-order valence-corrected chi connectivity index (χ0v) is 12.3. The van der Waals surface area contributed by atoms with E-state index in [1.165, 1.54) is 0 Å². The molecule has 0 saturated carbocycles. The first kappa shape index (κ1) is 14.6. The zero-order chi connectivity index (χ0) is 14.4. The lowest BCUT2D eigenvalue weighted by Crippen LogP contribution is -2.47.